The third kappa shape index (κ3) is 0.888. The second-order valence-corrected chi connectivity index (χ2v) is 2.83. The van der Waals surface area contributed by atoms with Crippen LogP contribution >= 0.6 is 11.8 Å². The van der Waals surface area contributed by atoms with Crippen LogP contribution < -0.4 is 5.73 Å². The lowest BCUT2D eigenvalue weighted by molar-refractivity contribution is 0.225. The van der Waals surface area contributed by atoms with Crippen molar-refractivity contribution in [2.75, 3.05) is 18.1 Å². The van der Waals surface area contributed by atoms with Crippen LogP contribution in [0.4, 0.5) is 4.39 Å². The summed E-state index contributed by atoms with van der Waals surface area (Å²) in [4.78, 5) is 0. The molecule has 1 nitrogen and oxygen atoms in total. The SMILES string of the molecule is NCC1(F)CSC1. The van der Waals surface area contributed by atoms with Crippen LogP contribution in [0.15, 0.2) is 0 Å². The predicted octanol–water partition coefficient (Wildman–Crippen LogP) is 0.400. The van der Waals surface area contributed by atoms with Gasteiger partial charge >= 0.3 is 0 Å². The number of nitrogens with two attached hydrogens (primary N) is 1. The van der Waals surface area contributed by atoms with Crippen molar-refractivity contribution < 1.29 is 4.39 Å². The van der Waals surface area contributed by atoms with Gasteiger partial charge in [0.2, 0.25) is 0 Å². The maximum absolute atomic E-state index is 12.5. The Balaban J connectivity index is 2.29. The molecule has 1 heterocycles. The van der Waals surface area contributed by atoms with Crippen molar-refractivity contribution in [2.45, 2.75) is 5.67 Å². The maximum atomic E-state index is 12.5. The van der Waals surface area contributed by atoms with Crippen LogP contribution in [0.2, 0.25) is 0 Å². The third-order valence-corrected chi connectivity index (χ3v) is 2.53. The van der Waals surface area contributed by atoms with E-state index >= 15 is 0 Å². The zero-order chi connectivity index (χ0) is 5.33. The highest BCUT2D eigenvalue weighted by Crippen LogP contribution is 2.31. The summed E-state index contributed by atoms with van der Waals surface area (Å²) >= 11 is 1.61. The second-order valence-electron chi connectivity index (χ2n) is 1.85. The molecule has 0 unspecified atom stereocenters. The first-order valence-electron chi connectivity index (χ1n) is 2.24. The van der Waals surface area contributed by atoms with E-state index in [0.717, 1.165) is 0 Å². The van der Waals surface area contributed by atoms with Gasteiger partial charge in [-0.1, -0.05) is 0 Å². The predicted molar refractivity (Wildman–Crippen MR) is 30.2 cm³/mol. The van der Waals surface area contributed by atoms with Gasteiger partial charge in [0.05, 0.1) is 0 Å². The van der Waals surface area contributed by atoms with Crippen molar-refractivity contribution >= 4 is 11.8 Å². The first kappa shape index (κ1) is 5.38. The van der Waals surface area contributed by atoms with Gasteiger partial charge in [-0.05, 0) is 0 Å². The topological polar surface area (TPSA) is 26.0 Å². The highest BCUT2D eigenvalue weighted by molar-refractivity contribution is 8.00. The van der Waals surface area contributed by atoms with Crippen LogP contribution in [-0.2, 0) is 0 Å². The van der Waals surface area contributed by atoms with Crippen molar-refractivity contribution in [3.8, 4) is 0 Å². The summed E-state index contributed by atoms with van der Waals surface area (Å²) in [5.74, 6) is 1.20. The Hall–Kier alpha value is 0.240. The molecule has 0 aromatic rings. The molecule has 0 bridgehead atoms. The zero-order valence-electron chi connectivity index (χ0n) is 3.98. The molecule has 42 valence electrons. The van der Waals surface area contributed by atoms with E-state index < -0.39 is 5.67 Å². The monoisotopic (exact) mass is 121 g/mol. The quantitative estimate of drug-likeness (QED) is 0.543. The average Bonchev–Trinajstić information content (AvgIpc) is 1.61. The van der Waals surface area contributed by atoms with E-state index in [0.29, 0.717) is 11.5 Å². The summed E-state index contributed by atoms with van der Waals surface area (Å²) in [6.07, 6.45) is 0. The van der Waals surface area contributed by atoms with Gasteiger partial charge in [0, 0.05) is 18.1 Å². The molecule has 0 radical (unpaired) electrons. The van der Waals surface area contributed by atoms with Crippen LogP contribution in [0.5, 0.6) is 0 Å². The maximum Gasteiger partial charge on any atom is 0.141 e. The molecule has 1 saturated heterocycles. The fourth-order valence-corrected chi connectivity index (χ4v) is 1.32. The molecule has 0 aromatic heterocycles. The van der Waals surface area contributed by atoms with Crippen molar-refractivity contribution in [2.24, 2.45) is 5.73 Å². The van der Waals surface area contributed by atoms with Gasteiger partial charge in [-0.3, -0.25) is 0 Å². The number of hydrogen-bond donors (Lipinski definition) is 1. The molecule has 1 rings (SSSR count). The number of hydrogen-bond acceptors (Lipinski definition) is 2. The van der Waals surface area contributed by atoms with E-state index in [1.165, 1.54) is 0 Å². The number of thioether (sulfide) groups is 1. The number of halogens is 1. The smallest absolute Gasteiger partial charge is 0.141 e. The van der Waals surface area contributed by atoms with Crippen molar-refractivity contribution in [1.29, 1.82) is 0 Å². The first-order chi connectivity index (χ1) is 3.27. The molecular formula is C4H8FNS. The normalized spacial score (nSPS) is 26.6. The van der Waals surface area contributed by atoms with E-state index in [9.17, 15) is 4.39 Å². The lowest BCUT2D eigenvalue weighted by Gasteiger charge is -2.31. The average molecular weight is 121 g/mol. The molecule has 0 aromatic carbocycles. The highest BCUT2D eigenvalue weighted by atomic mass is 32.2. The first-order valence-corrected chi connectivity index (χ1v) is 3.39. The lowest BCUT2D eigenvalue weighted by Crippen LogP contribution is -2.45. The third-order valence-electron chi connectivity index (χ3n) is 1.09. The molecule has 2 N–H and O–H groups in total. The van der Waals surface area contributed by atoms with Crippen molar-refractivity contribution in [3.05, 3.63) is 0 Å². The van der Waals surface area contributed by atoms with Crippen LogP contribution in [0, 0.1) is 0 Å². The summed E-state index contributed by atoms with van der Waals surface area (Å²) in [7, 11) is 0. The number of alkyl halides is 1. The molecule has 0 spiro atoms. The van der Waals surface area contributed by atoms with Gasteiger partial charge in [-0.2, -0.15) is 11.8 Å². The zero-order valence-corrected chi connectivity index (χ0v) is 4.80. The molecule has 1 fully saturated rings. The molecule has 1 aliphatic heterocycles. The fraction of sp³-hybridized carbons (Fsp3) is 1.00. The minimum Gasteiger partial charge on any atom is -0.327 e. The van der Waals surface area contributed by atoms with Gasteiger partial charge in [-0.25, -0.2) is 4.39 Å². The Morgan fingerprint density at radius 3 is 2.29 bits per heavy atom. The molecule has 0 saturated carbocycles. The second kappa shape index (κ2) is 1.63. The van der Waals surface area contributed by atoms with Gasteiger partial charge in [0.15, 0.2) is 0 Å². The molecule has 1 aliphatic rings. The minimum absolute atomic E-state index is 0.194. The molecule has 0 amide bonds. The van der Waals surface area contributed by atoms with Crippen molar-refractivity contribution in [3.63, 3.8) is 0 Å². The molecular weight excluding hydrogens is 113 g/mol. The van der Waals surface area contributed by atoms with Crippen LogP contribution in [-0.4, -0.2) is 23.7 Å². The molecule has 7 heavy (non-hydrogen) atoms. The minimum atomic E-state index is -0.995. The number of rotatable bonds is 1. The Bertz CT molecular complexity index is 66.6. The molecule has 3 heteroatoms. The molecule has 0 aliphatic carbocycles. The van der Waals surface area contributed by atoms with Crippen LogP contribution in [0.25, 0.3) is 0 Å². The summed E-state index contributed by atoms with van der Waals surface area (Å²) in [6, 6.07) is 0. The summed E-state index contributed by atoms with van der Waals surface area (Å²) in [5, 5.41) is 0. The highest BCUT2D eigenvalue weighted by Gasteiger charge is 2.35. The van der Waals surface area contributed by atoms with Gasteiger partial charge < -0.3 is 5.73 Å². The standard InChI is InChI=1S/C4H8FNS/c5-4(1-6)2-7-3-4/h1-3,6H2. The molecule has 0 atom stereocenters. The van der Waals surface area contributed by atoms with E-state index in [1.54, 1.807) is 11.8 Å². The summed E-state index contributed by atoms with van der Waals surface area (Å²) in [5.41, 5.74) is 4.08. The Labute approximate surface area is 46.5 Å². The van der Waals surface area contributed by atoms with Gasteiger partial charge in [0.1, 0.15) is 5.67 Å². The lowest BCUT2D eigenvalue weighted by atomic mass is 10.1. The largest absolute Gasteiger partial charge is 0.327 e. The van der Waals surface area contributed by atoms with E-state index in [1.807, 2.05) is 0 Å². The van der Waals surface area contributed by atoms with E-state index in [-0.39, 0.29) is 6.54 Å². The van der Waals surface area contributed by atoms with E-state index in [4.69, 9.17) is 5.73 Å². The van der Waals surface area contributed by atoms with Crippen LogP contribution in [0.1, 0.15) is 0 Å². The Kier molecular flexibility index (Phi) is 1.26. The fourth-order valence-electron chi connectivity index (χ4n) is 0.441. The Morgan fingerprint density at radius 1 is 1.71 bits per heavy atom. The summed E-state index contributed by atoms with van der Waals surface area (Å²) < 4.78 is 12.5. The van der Waals surface area contributed by atoms with Crippen LogP contribution in [0.3, 0.4) is 0 Å². The Morgan fingerprint density at radius 2 is 2.29 bits per heavy atom. The van der Waals surface area contributed by atoms with Gasteiger partial charge in [-0.15, -0.1) is 0 Å². The van der Waals surface area contributed by atoms with E-state index in [2.05, 4.69) is 0 Å². The van der Waals surface area contributed by atoms with Crippen molar-refractivity contribution in [1.82, 2.24) is 0 Å². The van der Waals surface area contributed by atoms with Gasteiger partial charge in [0.25, 0.3) is 0 Å². The summed E-state index contributed by atoms with van der Waals surface area (Å²) in [6.45, 7) is 0.194.